The van der Waals surface area contributed by atoms with Crippen molar-refractivity contribution in [2.24, 2.45) is 0 Å². The smallest absolute Gasteiger partial charge is 0.416 e. The van der Waals surface area contributed by atoms with Crippen molar-refractivity contribution in [3.63, 3.8) is 0 Å². The predicted molar refractivity (Wildman–Crippen MR) is 139 cm³/mol. The minimum Gasteiger partial charge on any atom is -0.432 e. The molecule has 0 unspecified atom stereocenters. The van der Waals surface area contributed by atoms with Crippen LogP contribution in [-0.4, -0.2) is 28.0 Å². The Morgan fingerprint density at radius 1 is 1.03 bits per heavy atom. The number of imide groups is 1. The molecule has 5 rings (SSSR count). The molecule has 1 N–H and O–H groups in total. The number of carbonyl (C=O) groups is 3. The Balaban J connectivity index is 1.58. The fourth-order valence-electron chi connectivity index (χ4n) is 4.92. The molecular formula is C29H22ClF3N2O4. The largest absolute Gasteiger partial charge is 0.432 e. The minimum atomic E-state index is -4.56. The van der Waals surface area contributed by atoms with Crippen LogP contribution in [-0.2, 0) is 28.7 Å². The van der Waals surface area contributed by atoms with Crippen molar-refractivity contribution in [3.8, 4) is 0 Å². The summed E-state index contributed by atoms with van der Waals surface area (Å²) in [7, 11) is 0. The number of nitrogens with one attached hydrogen (secondary N) is 1. The van der Waals surface area contributed by atoms with Gasteiger partial charge in [0.25, 0.3) is 5.91 Å². The molecule has 39 heavy (non-hydrogen) atoms. The highest BCUT2D eigenvalue weighted by Gasteiger charge is 2.44. The summed E-state index contributed by atoms with van der Waals surface area (Å²) in [5.74, 6) is -0.876. The molecule has 0 saturated carbocycles. The van der Waals surface area contributed by atoms with Crippen molar-refractivity contribution in [1.82, 2.24) is 9.88 Å². The third kappa shape index (κ3) is 5.02. The quantitative estimate of drug-likeness (QED) is 0.277. The number of rotatable bonds is 6. The van der Waals surface area contributed by atoms with E-state index in [-0.39, 0.29) is 24.3 Å². The lowest BCUT2D eigenvalue weighted by Crippen LogP contribution is -2.38. The van der Waals surface area contributed by atoms with Crippen LogP contribution in [0.5, 0.6) is 0 Å². The molecule has 1 aromatic heterocycles. The van der Waals surface area contributed by atoms with Crippen LogP contribution in [0.2, 0.25) is 5.02 Å². The second-order valence-electron chi connectivity index (χ2n) is 9.68. The monoisotopic (exact) mass is 554 g/mol. The average molecular weight is 555 g/mol. The van der Waals surface area contributed by atoms with E-state index in [1.54, 1.807) is 60.0 Å². The number of carbonyl (C=O) groups excluding carboxylic acids is 3. The second kappa shape index (κ2) is 9.57. The van der Waals surface area contributed by atoms with E-state index in [0.29, 0.717) is 32.8 Å². The maximum Gasteiger partial charge on any atom is 0.416 e. The van der Waals surface area contributed by atoms with E-state index in [9.17, 15) is 27.6 Å². The first-order valence-electron chi connectivity index (χ1n) is 12.0. The van der Waals surface area contributed by atoms with Crippen molar-refractivity contribution in [2.75, 3.05) is 0 Å². The second-order valence-corrected chi connectivity index (χ2v) is 10.1. The fraction of sp³-hybridized carbons (Fsp3) is 0.207. The number of halogens is 4. The Labute approximate surface area is 226 Å². The van der Waals surface area contributed by atoms with Gasteiger partial charge in [0, 0.05) is 40.1 Å². The van der Waals surface area contributed by atoms with E-state index in [4.69, 9.17) is 16.3 Å². The Bertz CT molecular complexity index is 1640. The molecule has 2 amide bonds. The number of alkyl halides is 3. The number of nitrogens with zero attached hydrogens (tertiary/aromatic N) is 1. The number of amides is 2. The van der Waals surface area contributed by atoms with E-state index in [1.807, 2.05) is 0 Å². The number of fused-ring (bicyclic) bond motifs is 1. The molecule has 2 heterocycles. The number of cyclic esters (lactones) is 1. The topological polar surface area (TPSA) is 77.4 Å². The summed E-state index contributed by atoms with van der Waals surface area (Å²) < 4.78 is 47.7. The highest BCUT2D eigenvalue weighted by molar-refractivity contribution is 6.30. The van der Waals surface area contributed by atoms with Crippen LogP contribution in [0.4, 0.5) is 18.0 Å². The van der Waals surface area contributed by atoms with E-state index < -0.39 is 29.3 Å². The van der Waals surface area contributed by atoms with E-state index in [2.05, 4.69) is 5.32 Å². The molecule has 1 fully saturated rings. The van der Waals surface area contributed by atoms with Gasteiger partial charge in [-0.1, -0.05) is 41.9 Å². The third-order valence-corrected chi connectivity index (χ3v) is 7.12. The molecule has 4 aromatic rings. The lowest BCUT2D eigenvalue weighted by molar-refractivity contribution is -0.137. The Hall–Kier alpha value is -4.11. The maximum absolute atomic E-state index is 13.6. The number of ether oxygens (including phenoxy) is 1. The van der Waals surface area contributed by atoms with Crippen LogP contribution in [0.3, 0.4) is 0 Å². The molecule has 0 aliphatic carbocycles. The Morgan fingerprint density at radius 3 is 2.36 bits per heavy atom. The Morgan fingerprint density at radius 2 is 1.72 bits per heavy atom. The summed E-state index contributed by atoms with van der Waals surface area (Å²) >= 11 is 5.96. The Kier molecular flexibility index (Phi) is 6.50. The zero-order chi connectivity index (χ0) is 28.1. The van der Waals surface area contributed by atoms with Gasteiger partial charge in [-0.05, 0) is 61.4 Å². The van der Waals surface area contributed by atoms with Gasteiger partial charge in [0.05, 0.1) is 11.1 Å². The first-order valence-corrected chi connectivity index (χ1v) is 12.4. The zero-order valence-corrected chi connectivity index (χ0v) is 21.6. The van der Waals surface area contributed by atoms with Gasteiger partial charge in [-0.2, -0.15) is 13.2 Å². The molecule has 3 aromatic carbocycles. The number of ketones is 1. The third-order valence-electron chi connectivity index (χ3n) is 6.87. The summed E-state index contributed by atoms with van der Waals surface area (Å²) in [6, 6.07) is 16.8. The van der Waals surface area contributed by atoms with Crippen molar-refractivity contribution in [3.05, 3.63) is 105 Å². The predicted octanol–water partition coefficient (Wildman–Crippen LogP) is 6.47. The molecule has 0 radical (unpaired) electrons. The first-order chi connectivity index (χ1) is 18.4. The molecule has 0 bridgehead atoms. The van der Waals surface area contributed by atoms with Crippen molar-refractivity contribution >= 4 is 40.3 Å². The van der Waals surface area contributed by atoms with Gasteiger partial charge in [-0.25, -0.2) is 4.79 Å². The van der Waals surface area contributed by atoms with E-state index in [1.165, 1.54) is 13.0 Å². The summed E-state index contributed by atoms with van der Waals surface area (Å²) in [4.78, 5) is 37.3. The van der Waals surface area contributed by atoms with E-state index in [0.717, 1.165) is 17.7 Å². The van der Waals surface area contributed by atoms with Crippen LogP contribution < -0.4 is 5.32 Å². The van der Waals surface area contributed by atoms with Gasteiger partial charge < -0.3 is 9.30 Å². The van der Waals surface area contributed by atoms with Crippen molar-refractivity contribution in [1.29, 1.82) is 0 Å². The summed E-state index contributed by atoms with van der Waals surface area (Å²) in [5.41, 5.74) is 0.666. The van der Waals surface area contributed by atoms with Gasteiger partial charge in [0.1, 0.15) is 0 Å². The number of hydrogen-bond acceptors (Lipinski definition) is 4. The van der Waals surface area contributed by atoms with Crippen LogP contribution >= 0.6 is 11.6 Å². The highest BCUT2D eigenvalue weighted by atomic mass is 35.5. The van der Waals surface area contributed by atoms with Crippen LogP contribution in [0.1, 0.15) is 45.2 Å². The van der Waals surface area contributed by atoms with E-state index >= 15 is 0 Å². The summed E-state index contributed by atoms with van der Waals surface area (Å²) in [6.45, 7) is 3.37. The molecule has 6 nitrogen and oxygen atoms in total. The fourth-order valence-corrected chi connectivity index (χ4v) is 5.04. The van der Waals surface area contributed by atoms with Gasteiger partial charge >= 0.3 is 12.3 Å². The van der Waals surface area contributed by atoms with Crippen LogP contribution in [0.15, 0.2) is 66.7 Å². The molecular weight excluding hydrogens is 533 g/mol. The molecule has 1 aliphatic rings. The van der Waals surface area contributed by atoms with Crippen LogP contribution in [0, 0.1) is 6.92 Å². The molecule has 1 saturated heterocycles. The number of alkyl carbamates (subject to hydrolysis) is 1. The zero-order valence-electron chi connectivity index (χ0n) is 20.9. The average Bonchev–Trinajstić information content (AvgIpc) is 3.28. The molecule has 1 atom stereocenters. The number of aromatic nitrogens is 1. The number of hydrogen-bond donors (Lipinski definition) is 1. The molecule has 1 aliphatic heterocycles. The SMILES string of the molecule is Cc1c(C(=O)c2ccc(Cl)cc2)c2ccc(C(F)(F)F)cc2n1Cc1cccc(C[C@@]2(C)OC(=O)NC2=O)c1. The van der Waals surface area contributed by atoms with Crippen molar-refractivity contribution in [2.45, 2.75) is 38.6 Å². The summed E-state index contributed by atoms with van der Waals surface area (Å²) in [6.07, 6.45) is -5.26. The van der Waals surface area contributed by atoms with Crippen LogP contribution in [0.25, 0.3) is 10.9 Å². The highest BCUT2D eigenvalue weighted by Crippen LogP contribution is 2.36. The molecule has 200 valence electrons. The lowest BCUT2D eigenvalue weighted by atomic mass is 9.95. The normalized spacial score (nSPS) is 17.4. The summed E-state index contributed by atoms with van der Waals surface area (Å²) in [5, 5.41) is 2.98. The van der Waals surface area contributed by atoms with Gasteiger partial charge in [0.2, 0.25) is 0 Å². The first kappa shape index (κ1) is 26.5. The van der Waals surface area contributed by atoms with Crippen molar-refractivity contribution < 1.29 is 32.3 Å². The van der Waals surface area contributed by atoms with Gasteiger partial charge in [0.15, 0.2) is 11.4 Å². The standard InChI is InChI=1S/C29H22ClF3N2O4/c1-16-24(25(36)19-6-9-21(30)10-7-19)22-11-8-20(29(31,32)33)13-23(22)35(16)15-18-5-3-4-17(12-18)14-28(2)26(37)34-27(38)39-28/h3-13H,14-15H2,1-2H3,(H,34,37,38)/t28-/m1/s1. The van der Waals surface area contributed by atoms with Gasteiger partial charge in [-0.3, -0.25) is 14.9 Å². The molecule has 10 heteroatoms. The lowest BCUT2D eigenvalue weighted by Gasteiger charge is -2.19. The molecule has 0 spiro atoms. The minimum absolute atomic E-state index is 0.113. The van der Waals surface area contributed by atoms with Gasteiger partial charge in [-0.15, -0.1) is 0 Å². The maximum atomic E-state index is 13.6. The number of benzene rings is 3.